The molecule has 0 saturated heterocycles. The smallest absolute Gasteiger partial charge is 0.246 e. The topological polar surface area (TPSA) is 88.3 Å². The molecule has 100 valence electrons. The summed E-state index contributed by atoms with van der Waals surface area (Å²) in [5.41, 5.74) is 2.77. The lowest BCUT2D eigenvalue weighted by atomic mass is 10.3. The van der Waals surface area contributed by atoms with Crippen molar-refractivity contribution in [3.63, 3.8) is 0 Å². The Morgan fingerprint density at radius 3 is 2.72 bits per heavy atom. The number of nitrogens with two attached hydrogens (primary N) is 1. The van der Waals surface area contributed by atoms with Crippen LogP contribution in [-0.2, 0) is 10.0 Å². The third-order valence-electron chi connectivity index (χ3n) is 3.44. The van der Waals surface area contributed by atoms with Crippen LogP contribution >= 0.6 is 0 Å². The molecule has 18 heavy (non-hydrogen) atoms. The van der Waals surface area contributed by atoms with E-state index in [0.717, 1.165) is 25.7 Å². The highest BCUT2D eigenvalue weighted by atomic mass is 32.2. The van der Waals surface area contributed by atoms with Crippen molar-refractivity contribution in [2.75, 3.05) is 12.5 Å². The van der Waals surface area contributed by atoms with Gasteiger partial charge in [0.15, 0.2) is 0 Å². The normalized spacial score (nSPS) is 17.3. The minimum Gasteiger partial charge on any atom is -0.323 e. The molecule has 1 aromatic heterocycles. The number of hydrazine groups is 1. The van der Waals surface area contributed by atoms with E-state index in [1.54, 1.807) is 13.1 Å². The van der Waals surface area contributed by atoms with Crippen LogP contribution in [0.3, 0.4) is 0 Å². The maximum Gasteiger partial charge on any atom is 0.246 e. The molecular formula is C11H18N4O2S. The van der Waals surface area contributed by atoms with Crippen LogP contribution in [0.15, 0.2) is 23.4 Å². The monoisotopic (exact) mass is 270 g/mol. The van der Waals surface area contributed by atoms with E-state index < -0.39 is 10.0 Å². The van der Waals surface area contributed by atoms with Gasteiger partial charge in [-0.05, 0) is 18.9 Å². The molecule has 2 rings (SSSR count). The molecule has 0 aromatic carbocycles. The molecule has 0 bridgehead atoms. The molecule has 6 nitrogen and oxygen atoms in total. The maximum atomic E-state index is 12.5. The first-order chi connectivity index (χ1) is 8.57. The number of hydrogen-bond donors (Lipinski definition) is 2. The molecule has 1 heterocycles. The highest BCUT2D eigenvalue weighted by Crippen LogP contribution is 2.29. The number of sulfonamides is 1. The second kappa shape index (κ2) is 5.21. The lowest BCUT2D eigenvalue weighted by Gasteiger charge is -2.24. The zero-order chi connectivity index (χ0) is 13.2. The van der Waals surface area contributed by atoms with Gasteiger partial charge in [-0.1, -0.05) is 12.8 Å². The standard InChI is InChI=1S/C11H18N4O2S/c1-15(9-4-2-3-5-9)18(16,17)11-8-13-7-6-10(11)14-12/h6-9H,2-5,12H2,1H3,(H,13,14). The maximum absolute atomic E-state index is 12.5. The molecule has 1 saturated carbocycles. The number of nitrogen functional groups attached to an aromatic ring is 1. The Morgan fingerprint density at radius 1 is 1.44 bits per heavy atom. The first kappa shape index (κ1) is 13.3. The van der Waals surface area contributed by atoms with E-state index in [1.807, 2.05) is 0 Å². The van der Waals surface area contributed by atoms with Gasteiger partial charge in [-0.3, -0.25) is 10.8 Å². The van der Waals surface area contributed by atoms with E-state index in [2.05, 4.69) is 10.4 Å². The summed E-state index contributed by atoms with van der Waals surface area (Å²) < 4.78 is 26.4. The largest absolute Gasteiger partial charge is 0.323 e. The van der Waals surface area contributed by atoms with E-state index >= 15 is 0 Å². The summed E-state index contributed by atoms with van der Waals surface area (Å²) in [7, 11) is -1.91. The van der Waals surface area contributed by atoms with Gasteiger partial charge in [0.1, 0.15) is 4.90 Å². The van der Waals surface area contributed by atoms with E-state index in [-0.39, 0.29) is 10.9 Å². The Bertz CT molecular complexity index is 512. The van der Waals surface area contributed by atoms with Crippen molar-refractivity contribution in [3.05, 3.63) is 18.5 Å². The molecule has 0 unspecified atom stereocenters. The first-order valence-electron chi connectivity index (χ1n) is 5.96. The van der Waals surface area contributed by atoms with E-state index in [4.69, 9.17) is 5.84 Å². The van der Waals surface area contributed by atoms with Crippen LogP contribution in [0.4, 0.5) is 5.69 Å². The summed E-state index contributed by atoms with van der Waals surface area (Å²) in [6.45, 7) is 0. The number of anilines is 1. The Hall–Kier alpha value is -1.18. The van der Waals surface area contributed by atoms with Crippen LogP contribution in [0.2, 0.25) is 0 Å². The van der Waals surface area contributed by atoms with Crippen LogP contribution in [-0.4, -0.2) is 30.8 Å². The lowest BCUT2D eigenvalue weighted by Crippen LogP contribution is -2.35. The van der Waals surface area contributed by atoms with Gasteiger partial charge >= 0.3 is 0 Å². The Kier molecular flexibility index (Phi) is 3.84. The average Bonchev–Trinajstić information content (AvgIpc) is 2.91. The molecule has 0 radical (unpaired) electrons. The Labute approximate surface area is 107 Å². The van der Waals surface area contributed by atoms with Crippen LogP contribution in [0.5, 0.6) is 0 Å². The molecule has 0 atom stereocenters. The fourth-order valence-corrected chi connectivity index (χ4v) is 3.84. The van der Waals surface area contributed by atoms with Gasteiger partial charge in [0.05, 0.1) is 5.69 Å². The van der Waals surface area contributed by atoms with Crippen LogP contribution in [0.1, 0.15) is 25.7 Å². The van der Waals surface area contributed by atoms with Crippen LogP contribution in [0.25, 0.3) is 0 Å². The molecule has 1 aliphatic carbocycles. The highest BCUT2D eigenvalue weighted by molar-refractivity contribution is 7.89. The van der Waals surface area contributed by atoms with Gasteiger partial charge in [0, 0.05) is 25.5 Å². The second-order valence-electron chi connectivity index (χ2n) is 4.48. The summed E-state index contributed by atoms with van der Waals surface area (Å²) in [6.07, 6.45) is 6.83. The third-order valence-corrected chi connectivity index (χ3v) is 5.37. The van der Waals surface area contributed by atoms with Crippen molar-refractivity contribution in [1.82, 2.24) is 9.29 Å². The number of aromatic nitrogens is 1. The van der Waals surface area contributed by atoms with E-state index in [1.165, 1.54) is 16.7 Å². The van der Waals surface area contributed by atoms with Gasteiger partial charge in [0.25, 0.3) is 0 Å². The van der Waals surface area contributed by atoms with E-state index in [0.29, 0.717) is 5.69 Å². The third kappa shape index (κ3) is 2.33. The number of pyridine rings is 1. The molecule has 3 N–H and O–H groups in total. The highest BCUT2D eigenvalue weighted by Gasteiger charge is 2.31. The molecule has 1 aromatic rings. The second-order valence-corrected chi connectivity index (χ2v) is 6.44. The number of nitrogens with zero attached hydrogens (tertiary/aromatic N) is 2. The van der Waals surface area contributed by atoms with Gasteiger partial charge < -0.3 is 5.43 Å². The van der Waals surface area contributed by atoms with Gasteiger partial charge in [-0.15, -0.1) is 0 Å². The number of nitrogens with one attached hydrogen (secondary N) is 1. The van der Waals surface area contributed by atoms with Crippen LogP contribution in [0, 0.1) is 0 Å². The van der Waals surface area contributed by atoms with Crippen molar-refractivity contribution < 1.29 is 8.42 Å². The fraction of sp³-hybridized carbons (Fsp3) is 0.545. The fourth-order valence-electron chi connectivity index (χ4n) is 2.32. The minimum atomic E-state index is -3.54. The number of hydrogen-bond acceptors (Lipinski definition) is 5. The minimum absolute atomic E-state index is 0.0841. The summed E-state index contributed by atoms with van der Waals surface area (Å²) in [6, 6.07) is 1.64. The predicted molar refractivity (Wildman–Crippen MR) is 69.3 cm³/mol. The molecule has 1 aliphatic rings. The van der Waals surface area contributed by atoms with Crippen molar-refractivity contribution in [3.8, 4) is 0 Å². The summed E-state index contributed by atoms with van der Waals surface area (Å²) in [5, 5.41) is 0. The van der Waals surface area contributed by atoms with Gasteiger partial charge in [0.2, 0.25) is 10.0 Å². The molecule has 1 fully saturated rings. The molecule has 0 aliphatic heterocycles. The quantitative estimate of drug-likeness (QED) is 0.627. The predicted octanol–water partition coefficient (Wildman–Crippen LogP) is 0.930. The Morgan fingerprint density at radius 2 is 2.11 bits per heavy atom. The van der Waals surface area contributed by atoms with Crippen molar-refractivity contribution in [2.45, 2.75) is 36.6 Å². The first-order valence-corrected chi connectivity index (χ1v) is 7.40. The average molecular weight is 270 g/mol. The van der Waals surface area contributed by atoms with Crippen LogP contribution < -0.4 is 11.3 Å². The molecular weight excluding hydrogens is 252 g/mol. The van der Waals surface area contributed by atoms with Crippen molar-refractivity contribution in [2.24, 2.45) is 5.84 Å². The lowest BCUT2D eigenvalue weighted by molar-refractivity contribution is 0.373. The SMILES string of the molecule is CN(C1CCCC1)S(=O)(=O)c1cnccc1NN. The summed E-state index contributed by atoms with van der Waals surface area (Å²) in [4.78, 5) is 3.99. The molecule has 0 spiro atoms. The Balaban J connectivity index is 2.35. The summed E-state index contributed by atoms with van der Waals surface area (Å²) >= 11 is 0. The van der Waals surface area contributed by atoms with E-state index in [9.17, 15) is 8.42 Å². The van der Waals surface area contributed by atoms with Gasteiger partial charge in [-0.2, -0.15) is 4.31 Å². The summed E-state index contributed by atoms with van der Waals surface area (Å²) in [5.74, 6) is 5.34. The van der Waals surface area contributed by atoms with Gasteiger partial charge in [-0.25, -0.2) is 8.42 Å². The van der Waals surface area contributed by atoms with Crippen molar-refractivity contribution >= 4 is 15.7 Å². The molecule has 7 heteroatoms. The molecule has 0 amide bonds. The zero-order valence-electron chi connectivity index (χ0n) is 10.3. The van der Waals surface area contributed by atoms with Crippen molar-refractivity contribution in [1.29, 1.82) is 0 Å². The zero-order valence-corrected chi connectivity index (χ0v) is 11.2. The number of rotatable bonds is 4.